The van der Waals surface area contributed by atoms with Crippen molar-refractivity contribution in [3.05, 3.63) is 0 Å². The van der Waals surface area contributed by atoms with E-state index in [1.807, 2.05) is 0 Å². The Balaban J connectivity index is 2.32. The molecule has 1 heterocycles. The van der Waals surface area contributed by atoms with Crippen LogP contribution in [0.2, 0.25) is 0 Å². The molecular formula is C9H15ClN2O3. The second kappa shape index (κ2) is 5.80. The molecule has 15 heavy (non-hydrogen) atoms. The van der Waals surface area contributed by atoms with Crippen molar-refractivity contribution >= 4 is 23.6 Å². The molecule has 0 aromatic heterocycles. The van der Waals surface area contributed by atoms with E-state index in [2.05, 4.69) is 10.1 Å². The van der Waals surface area contributed by atoms with Crippen molar-refractivity contribution in [2.45, 2.75) is 18.9 Å². The molecule has 1 rings (SSSR count). The molecule has 6 heteroatoms. The van der Waals surface area contributed by atoms with Gasteiger partial charge in [0.15, 0.2) is 0 Å². The Morgan fingerprint density at radius 2 is 2.33 bits per heavy atom. The molecule has 1 N–H and O–H groups in total. The maximum atomic E-state index is 11.4. The van der Waals surface area contributed by atoms with E-state index >= 15 is 0 Å². The highest BCUT2D eigenvalue weighted by Gasteiger charge is 2.26. The molecule has 0 radical (unpaired) electrons. The van der Waals surface area contributed by atoms with Gasteiger partial charge in [-0.1, -0.05) is 0 Å². The maximum Gasteiger partial charge on any atom is 0.407 e. The molecular weight excluding hydrogens is 220 g/mol. The van der Waals surface area contributed by atoms with Crippen LogP contribution in [-0.4, -0.2) is 49.0 Å². The van der Waals surface area contributed by atoms with Gasteiger partial charge in [-0.25, -0.2) is 4.79 Å². The number of alkyl carbamates (subject to hydrolysis) is 1. The smallest absolute Gasteiger partial charge is 0.407 e. The van der Waals surface area contributed by atoms with Crippen LogP contribution in [0.3, 0.4) is 0 Å². The summed E-state index contributed by atoms with van der Waals surface area (Å²) in [6, 6.07) is -0.00303. The van der Waals surface area contributed by atoms with E-state index in [9.17, 15) is 9.59 Å². The van der Waals surface area contributed by atoms with Gasteiger partial charge in [0.05, 0.1) is 13.2 Å². The van der Waals surface area contributed by atoms with Gasteiger partial charge < -0.3 is 15.0 Å². The number of carbonyl (C=O) groups is 2. The monoisotopic (exact) mass is 234 g/mol. The van der Waals surface area contributed by atoms with Crippen LogP contribution in [0, 0.1) is 0 Å². The zero-order valence-electron chi connectivity index (χ0n) is 8.66. The van der Waals surface area contributed by atoms with Gasteiger partial charge in [0.1, 0.15) is 0 Å². The number of amides is 2. The molecule has 1 unspecified atom stereocenters. The third-order valence-electron chi connectivity index (χ3n) is 2.36. The molecule has 1 fully saturated rings. The van der Waals surface area contributed by atoms with Gasteiger partial charge >= 0.3 is 6.09 Å². The quantitative estimate of drug-likeness (QED) is 0.727. The molecule has 0 spiro atoms. The van der Waals surface area contributed by atoms with Crippen molar-refractivity contribution in [1.29, 1.82) is 0 Å². The molecule has 5 nitrogen and oxygen atoms in total. The van der Waals surface area contributed by atoms with Crippen LogP contribution in [-0.2, 0) is 9.53 Å². The number of likely N-dealkylation sites (tertiary alicyclic amines) is 1. The zero-order valence-corrected chi connectivity index (χ0v) is 9.42. The van der Waals surface area contributed by atoms with Gasteiger partial charge in [0.2, 0.25) is 5.91 Å². The number of carbonyl (C=O) groups excluding carboxylic acids is 2. The number of hydrogen-bond donors (Lipinski definition) is 1. The molecule has 86 valence electrons. The van der Waals surface area contributed by atoms with E-state index in [-0.39, 0.29) is 11.9 Å². The van der Waals surface area contributed by atoms with E-state index in [4.69, 9.17) is 11.6 Å². The van der Waals surface area contributed by atoms with Gasteiger partial charge in [-0.2, -0.15) is 0 Å². The van der Waals surface area contributed by atoms with Gasteiger partial charge in [-0.15, -0.1) is 11.6 Å². The lowest BCUT2D eigenvalue weighted by Gasteiger charge is -2.16. The highest BCUT2D eigenvalue weighted by molar-refractivity contribution is 6.18. The Kier molecular flexibility index (Phi) is 4.68. The number of nitrogens with one attached hydrogen (secondary N) is 1. The largest absolute Gasteiger partial charge is 0.453 e. The van der Waals surface area contributed by atoms with Crippen molar-refractivity contribution in [2.24, 2.45) is 0 Å². The SMILES string of the molecule is COC(=O)NC1CCN(C(=O)CCCl)C1. The third kappa shape index (κ3) is 3.58. The van der Waals surface area contributed by atoms with E-state index in [1.54, 1.807) is 4.90 Å². The molecule has 0 saturated carbocycles. The lowest BCUT2D eigenvalue weighted by atomic mass is 10.3. The van der Waals surface area contributed by atoms with Crippen LogP contribution < -0.4 is 5.32 Å². The fraction of sp³-hybridized carbons (Fsp3) is 0.778. The minimum absolute atomic E-state index is 0.00303. The first-order valence-electron chi connectivity index (χ1n) is 4.85. The number of ether oxygens (including phenoxy) is 1. The van der Waals surface area contributed by atoms with E-state index < -0.39 is 6.09 Å². The number of halogens is 1. The Morgan fingerprint density at radius 3 is 2.93 bits per heavy atom. The predicted octanol–water partition coefficient (Wildman–Crippen LogP) is 0.572. The summed E-state index contributed by atoms with van der Waals surface area (Å²) in [7, 11) is 1.32. The molecule has 1 atom stereocenters. The highest BCUT2D eigenvalue weighted by Crippen LogP contribution is 2.10. The second-order valence-corrected chi connectivity index (χ2v) is 3.78. The van der Waals surface area contributed by atoms with E-state index in [0.717, 1.165) is 6.42 Å². The minimum Gasteiger partial charge on any atom is -0.453 e. The van der Waals surface area contributed by atoms with Crippen molar-refractivity contribution in [2.75, 3.05) is 26.1 Å². The van der Waals surface area contributed by atoms with E-state index in [1.165, 1.54) is 7.11 Å². The van der Waals surface area contributed by atoms with Gasteiger partial charge in [-0.3, -0.25) is 4.79 Å². The van der Waals surface area contributed by atoms with Crippen LogP contribution in [0.25, 0.3) is 0 Å². The fourth-order valence-corrected chi connectivity index (χ4v) is 1.73. The second-order valence-electron chi connectivity index (χ2n) is 3.40. The van der Waals surface area contributed by atoms with Crippen molar-refractivity contribution in [1.82, 2.24) is 10.2 Å². The molecule has 0 aromatic carbocycles. The summed E-state index contributed by atoms with van der Waals surface area (Å²) in [6.07, 6.45) is 0.668. The van der Waals surface area contributed by atoms with Gasteiger partial charge in [0.25, 0.3) is 0 Å². The van der Waals surface area contributed by atoms with Crippen LogP contribution in [0.4, 0.5) is 4.79 Å². The van der Waals surface area contributed by atoms with Crippen LogP contribution >= 0.6 is 11.6 Å². The summed E-state index contributed by atoms with van der Waals surface area (Å²) in [6.45, 7) is 1.22. The normalized spacial score (nSPS) is 20.1. The molecule has 2 amide bonds. The van der Waals surface area contributed by atoms with Crippen LogP contribution in [0.5, 0.6) is 0 Å². The molecule has 1 aliphatic rings. The average Bonchev–Trinajstić information content (AvgIpc) is 2.66. The predicted molar refractivity (Wildman–Crippen MR) is 55.9 cm³/mol. The number of nitrogens with zero attached hydrogens (tertiary/aromatic N) is 1. The summed E-state index contributed by atoms with van der Waals surface area (Å²) in [5, 5.41) is 2.67. The topological polar surface area (TPSA) is 58.6 Å². The summed E-state index contributed by atoms with van der Waals surface area (Å²) >= 11 is 5.48. The van der Waals surface area contributed by atoms with Crippen molar-refractivity contribution in [3.8, 4) is 0 Å². The molecule has 0 aliphatic carbocycles. The first-order valence-corrected chi connectivity index (χ1v) is 5.39. The summed E-state index contributed by atoms with van der Waals surface area (Å²) in [5.41, 5.74) is 0. The lowest BCUT2D eigenvalue weighted by Crippen LogP contribution is -2.38. The van der Waals surface area contributed by atoms with Crippen molar-refractivity contribution in [3.63, 3.8) is 0 Å². The fourth-order valence-electron chi connectivity index (χ4n) is 1.57. The van der Waals surface area contributed by atoms with Crippen molar-refractivity contribution < 1.29 is 14.3 Å². The van der Waals surface area contributed by atoms with Crippen LogP contribution in [0.15, 0.2) is 0 Å². The standard InChI is InChI=1S/C9H15ClN2O3/c1-15-9(14)11-7-3-5-12(6-7)8(13)2-4-10/h7H,2-6H2,1H3,(H,11,14). The zero-order chi connectivity index (χ0) is 11.3. The Hall–Kier alpha value is -0.970. The average molecular weight is 235 g/mol. The number of alkyl halides is 1. The first kappa shape index (κ1) is 12.1. The summed E-state index contributed by atoms with van der Waals surface area (Å²) in [4.78, 5) is 24.1. The van der Waals surface area contributed by atoms with Gasteiger partial charge in [-0.05, 0) is 6.42 Å². The molecule has 0 aromatic rings. The lowest BCUT2D eigenvalue weighted by molar-refractivity contribution is -0.129. The number of hydrogen-bond acceptors (Lipinski definition) is 3. The highest BCUT2D eigenvalue weighted by atomic mass is 35.5. The van der Waals surface area contributed by atoms with E-state index in [0.29, 0.717) is 25.4 Å². The maximum absolute atomic E-state index is 11.4. The third-order valence-corrected chi connectivity index (χ3v) is 2.55. The van der Waals surface area contributed by atoms with Gasteiger partial charge in [0, 0.05) is 25.4 Å². The Morgan fingerprint density at radius 1 is 1.60 bits per heavy atom. The summed E-state index contributed by atoms with van der Waals surface area (Å²) in [5.74, 6) is 0.379. The number of rotatable bonds is 3. The Labute approximate surface area is 93.7 Å². The summed E-state index contributed by atoms with van der Waals surface area (Å²) < 4.78 is 4.48. The molecule has 1 saturated heterocycles. The molecule has 0 bridgehead atoms. The first-order chi connectivity index (χ1) is 7.17. The number of methoxy groups -OCH3 is 1. The minimum atomic E-state index is -0.452. The van der Waals surface area contributed by atoms with Crippen LogP contribution in [0.1, 0.15) is 12.8 Å². The Bertz CT molecular complexity index is 248. The molecule has 1 aliphatic heterocycles.